The summed E-state index contributed by atoms with van der Waals surface area (Å²) in [4.78, 5) is 21.2. The van der Waals surface area contributed by atoms with E-state index in [9.17, 15) is 4.79 Å². The van der Waals surface area contributed by atoms with Gasteiger partial charge in [0, 0.05) is 25.3 Å². The summed E-state index contributed by atoms with van der Waals surface area (Å²) in [6, 6.07) is 18.3. The summed E-state index contributed by atoms with van der Waals surface area (Å²) in [6.07, 6.45) is 3.26. The van der Waals surface area contributed by atoms with Crippen LogP contribution >= 0.6 is 0 Å². The molecule has 5 heteroatoms. The van der Waals surface area contributed by atoms with Gasteiger partial charge in [-0.2, -0.15) is 0 Å². The highest BCUT2D eigenvalue weighted by atomic mass is 16.5. The first kappa shape index (κ1) is 16.8. The number of methoxy groups -OCH3 is 1. The molecule has 2 aromatic carbocycles. The SMILES string of the molecule is COc1ccc(N2C=NC(=O)C23CCN(Cc2ccccc2)CC3)cc1. The van der Waals surface area contributed by atoms with Gasteiger partial charge < -0.3 is 9.64 Å². The van der Waals surface area contributed by atoms with Crippen molar-refractivity contribution in [3.05, 3.63) is 60.2 Å². The highest BCUT2D eigenvalue weighted by Crippen LogP contribution is 2.37. The van der Waals surface area contributed by atoms with Gasteiger partial charge in [0.25, 0.3) is 5.91 Å². The van der Waals surface area contributed by atoms with Crippen LogP contribution in [0.1, 0.15) is 18.4 Å². The number of amides is 1. The van der Waals surface area contributed by atoms with Crippen LogP contribution in [0.2, 0.25) is 0 Å². The molecule has 1 saturated heterocycles. The van der Waals surface area contributed by atoms with Gasteiger partial charge in [-0.25, -0.2) is 4.99 Å². The Kier molecular flexibility index (Phi) is 4.47. The number of anilines is 1. The first-order chi connectivity index (χ1) is 12.7. The maximum atomic E-state index is 12.6. The van der Waals surface area contributed by atoms with Crippen LogP contribution in [0.4, 0.5) is 5.69 Å². The number of hydrogen-bond donors (Lipinski definition) is 0. The molecule has 4 rings (SSSR count). The van der Waals surface area contributed by atoms with Gasteiger partial charge in [-0.3, -0.25) is 9.69 Å². The summed E-state index contributed by atoms with van der Waals surface area (Å²) in [5, 5.41) is 0. The van der Waals surface area contributed by atoms with Crippen molar-refractivity contribution in [2.75, 3.05) is 25.1 Å². The molecule has 0 saturated carbocycles. The van der Waals surface area contributed by atoms with E-state index in [2.05, 4.69) is 39.1 Å². The zero-order valence-electron chi connectivity index (χ0n) is 15.0. The minimum absolute atomic E-state index is 0.0207. The fourth-order valence-electron chi connectivity index (χ4n) is 3.88. The van der Waals surface area contributed by atoms with Gasteiger partial charge in [0.2, 0.25) is 0 Å². The zero-order chi connectivity index (χ0) is 18.0. The molecular weight excluding hydrogens is 326 g/mol. The number of carbonyl (C=O) groups is 1. The predicted octanol–water partition coefficient (Wildman–Crippen LogP) is 3.10. The van der Waals surface area contributed by atoms with Crippen LogP contribution in [-0.4, -0.2) is 42.9 Å². The average molecular weight is 349 g/mol. The van der Waals surface area contributed by atoms with Crippen LogP contribution in [0.5, 0.6) is 5.75 Å². The lowest BCUT2D eigenvalue weighted by Crippen LogP contribution is -2.56. The molecule has 0 radical (unpaired) electrons. The lowest BCUT2D eigenvalue weighted by molar-refractivity contribution is -0.123. The predicted molar refractivity (Wildman–Crippen MR) is 103 cm³/mol. The van der Waals surface area contributed by atoms with E-state index < -0.39 is 5.54 Å². The number of aliphatic imine (C=N–C) groups is 1. The smallest absolute Gasteiger partial charge is 0.273 e. The summed E-state index contributed by atoms with van der Waals surface area (Å²) in [6.45, 7) is 2.70. The van der Waals surface area contributed by atoms with Crippen molar-refractivity contribution in [3.8, 4) is 5.75 Å². The van der Waals surface area contributed by atoms with Gasteiger partial charge >= 0.3 is 0 Å². The molecule has 2 aliphatic rings. The average Bonchev–Trinajstić information content (AvgIpc) is 3.01. The fraction of sp³-hybridized carbons (Fsp3) is 0.333. The quantitative estimate of drug-likeness (QED) is 0.851. The number of ether oxygens (including phenoxy) is 1. The molecule has 0 N–H and O–H groups in total. The second-order valence-corrected chi connectivity index (χ2v) is 6.91. The van der Waals surface area contributed by atoms with Gasteiger partial charge in [-0.1, -0.05) is 30.3 Å². The molecule has 1 fully saturated rings. The number of carbonyl (C=O) groups excluding carboxylic acids is 1. The number of rotatable bonds is 4. The van der Waals surface area contributed by atoms with Crippen LogP contribution in [0.15, 0.2) is 59.6 Å². The third-order valence-corrected chi connectivity index (χ3v) is 5.43. The molecule has 0 aliphatic carbocycles. The third-order valence-electron chi connectivity index (χ3n) is 5.43. The van der Waals surface area contributed by atoms with E-state index in [1.165, 1.54) is 5.56 Å². The van der Waals surface area contributed by atoms with E-state index in [0.29, 0.717) is 0 Å². The van der Waals surface area contributed by atoms with Crippen LogP contribution < -0.4 is 9.64 Å². The number of benzene rings is 2. The maximum absolute atomic E-state index is 12.6. The van der Waals surface area contributed by atoms with E-state index >= 15 is 0 Å². The summed E-state index contributed by atoms with van der Waals surface area (Å²) >= 11 is 0. The van der Waals surface area contributed by atoms with Gasteiger partial charge in [-0.05, 0) is 42.7 Å². The van der Waals surface area contributed by atoms with Crippen LogP contribution in [0.25, 0.3) is 0 Å². The van der Waals surface area contributed by atoms with Crippen LogP contribution in [0.3, 0.4) is 0 Å². The van der Waals surface area contributed by atoms with E-state index in [4.69, 9.17) is 4.74 Å². The molecule has 26 heavy (non-hydrogen) atoms. The zero-order valence-corrected chi connectivity index (χ0v) is 15.0. The Bertz CT molecular complexity index is 794. The monoisotopic (exact) mass is 349 g/mol. The first-order valence-electron chi connectivity index (χ1n) is 9.00. The number of piperidine rings is 1. The van der Waals surface area contributed by atoms with Gasteiger partial charge in [0.15, 0.2) is 0 Å². The maximum Gasteiger partial charge on any atom is 0.273 e. The second-order valence-electron chi connectivity index (χ2n) is 6.91. The van der Waals surface area contributed by atoms with Gasteiger partial charge in [0.05, 0.1) is 13.4 Å². The summed E-state index contributed by atoms with van der Waals surface area (Å²) in [5.74, 6) is 0.788. The standard InChI is InChI=1S/C21H23N3O2/c1-26-19-9-7-18(8-10-19)24-16-22-20(25)21(24)11-13-23(14-12-21)15-17-5-3-2-4-6-17/h2-10,16H,11-15H2,1H3. The minimum Gasteiger partial charge on any atom is -0.497 e. The van der Waals surface area contributed by atoms with Crippen LogP contribution in [0, 0.1) is 0 Å². The number of nitrogens with zero attached hydrogens (tertiary/aromatic N) is 3. The van der Waals surface area contributed by atoms with Crippen molar-refractivity contribution in [1.82, 2.24) is 4.90 Å². The largest absolute Gasteiger partial charge is 0.497 e. The minimum atomic E-state index is -0.540. The van der Waals surface area contributed by atoms with Crippen molar-refractivity contribution in [2.45, 2.75) is 24.9 Å². The molecule has 2 aliphatic heterocycles. The van der Waals surface area contributed by atoms with Crippen molar-refractivity contribution in [2.24, 2.45) is 4.99 Å². The Balaban J connectivity index is 1.49. The normalized spacial score (nSPS) is 19.3. The van der Waals surface area contributed by atoms with E-state index in [-0.39, 0.29) is 5.91 Å². The molecule has 134 valence electrons. The van der Waals surface area contributed by atoms with Crippen molar-refractivity contribution in [3.63, 3.8) is 0 Å². The summed E-state index contributed by atoms with van der Waals surface area (Å²) < 4.78 is 5.23. The molecule has 0 unspecified atom stereocenters. The highest BCUT2D eigenvalue weighted by Gasteiger charge is 2.49. The Labute approximate surface area is 153 Å². The second kappa shape index (κ2) is 6.92. The lowest BCUT2D eigenvalue weighted by atomic mass is 9.85. The van der Waals surface area contributed by atoms with E-state index in [0.717, 1.165) is 43.9 Å². The Hall–Kier alpha value is -2.66. The Morgan fingerprint density at radius 1 is 1.04 bits per heavy atom. The first-order valence-corrected chi connectivity index (χ1v) is 9.00. The molecular formula is C21H23N3O2. The van der Waals surface area contributed by atoms with E-state index in [1.54, 1.807) is 13.4 Å². The third kappa shape index (κ3) is 2.99. The van der Waals surface area contributed by atoms with Crippen LogP contribution in [-0.2, 0) is 11.3 Å². The number of hydrogen-bond acceptors (Lipinski definition) is 4. The van der Waals surface area contributed by atoms with Crippen molar-refractivity contribution < 1.29 is 9.53 Å². The Morgan fingerprint density at radius 3 is 2.38 bits per heavy atom. The van der Waals surface area contributed by atoms with Gasteiger partial charge in [0.1, 0.15) is 11.3 Å². The molecule has 1 spiro atoms. The molecule has 0 atom stereocenters. The molecule has 0 bridgehead atoms. The van der Waals surface area contributed by atoms with Gasteiger partial charge in [-0.15, -0.1) is 0 Å². The summed E-state index contributed by atoms with van der Waals surface area (Å²) in [5.41, 5.74) is 1.75. The number of likely N-dealkylation sites (tertiary alicyclic amines) is 1. The van der Waals surface area contributed by atoms with E-state index in [1.807, 2.05) is 30.3 Å². The molecule has 2 aromatic rings. The molecule has 1 amide bonds. The fourth-order valence-corrected chi connectivity index (χ4v) is 3.88. The molecule has 0 aromatic heterocycles. The molecule has 2 heterocycles. The molecule has 5 nitrogen and oxygen atoms in total. The van der Waals surface area contributed by atoms with Crippen molar-refractivity contribution in [1.29, 1.82) is 0 Å². The summed E-state index contributed by atoms with van der Waals surface area (Å²) in [7, 11) is 1.65. The highest BCUT2D eigenvalue weighted by molar-refractivity contribution is 6.08. The topological polar surface area (TPSA) is 45.1 Å². The van der Waals surface area contributed by atoms with Crippen molar-refractivity contribution >= 4 is 17.9 Å². The lowest BCUT2D eigenvalue weighted by Gasteiger charge is -2.43. The Morgan fingerprint density at radius 2 is 1.73 bits per heavy atom.